The number of anilines is 3. The van der Waals surface area contributed by atoms with E-state index >= 15 is 0 Å². The van der Waals surface area contributed by atoms with Crippen molar-refractivity contribution in [3.05, 3.63) is 66.0 Å². The molecule has 3 aromatic rings. The van der Waals surface area contributed by atoms with Crippen molar-refractivity contribution in [2.24, 2.45) is 5.92 Å². The summed E-state index contributed by atoms with van der Waals surface area (Å²) in [5.41, 5.74) is 1.84. The highest BCUT2D eigenvalue weighted by Crippen LogP contribution is 2.58. The van der Waals surface area contributed by atoms with Gasteiger partial charge in [0.25, 0.3) is 5.91 Å². The van der Waals surface area contributed by atoms with Crippen molar-refractivity contribution in [2.75, 3.05) is 16.8 Å². The molecule has 11 heteroatoms. The van der Waals surface area contributed by atoms with Crippen LogP contribution in [0.5, 0.6) is 0 Å². The Kier molecular flexibility index (Phi) is 6.95. The lowest BCUT2D eigenvalue weighted by atomic mass is 9.82. The lowest BCUT2D eigenvalue weighted by Gasteiger charge is -2.32. The van der Waals surface area contributed by atoms with Gasteiger partial charge in [0.15, 0.2) is 13.9 Å². The first kappa shape index (κ1) is 26.2. The molecule has 0 radical (unpaired) electrons. The van der Waals surface area contributed by atoms with E-state index in [1.807, 2.05) is 56.4 Å². The largest absolute Gasteiger partial charge is 0.432 e. The Balaban J connectivity index is 1.50. The molecule has 2 aromatic carbocycles. The first-order chi connectivity index (χ1) is 18.2. The number of ether oxygens (including phenoxy) is 1. The molecule has 5 rings (SSSR count). The number of nitrogens with one attached hydrogen (secondary N) is 1. The molecule has 3 N–H and O–H groups in total. The number of carbonyl (C=O) groups is 2. The minimum atomic E-state index is -2.79. The summed E-state index contributed by atoms with van der Waals surface area (Å²) in [6, 6.07) is 14.7. The predicted octanol–water partition coefficient (Wildman–Crippen LogP) is 2.95. The Bertz CT molecular complexity index is 1330. The normalized spacial score (nSPS) is 24.4. The van der Waals surface area contributed by atoms with Crippen LogP contribution in [0.25, 0.3) is 0 Å². The number of carbonyl (C=O) groups excluding carboxylic acids is 2. The van der Waals surface area contributed by atoms with Crippen LogP contribution in [0.2, 0.25) is 18.6 Å². The number of amides is 2. The molecule has 38 heavy (non-hydrogen) atoms. The molecule has 0 bridgehead atoms. The number of aromatic nitrogens is 3. The number of para-hydroxylation sites is 1. The quantitative estimate of drug-likeness (QED) is 0.284. The van der Waals surface area contributed by atoms with Gasteiger partial charge in [-0.1, -0.05) is 30.3 Å². The molecule has 4 atom stereocenters. The Morgan fingerprint density at radius 2 is 1.97 bits per heavy atom. The number of rotatable bonds is 9. The van der Waals surface area contributed by atoms with Crippen LogP contribution in [-0.4, -0.2) is 58.2 Å². The predicted molar refractivity (Wildman–Crippen MR) is 144 cm³/mol. The van der Waals surface area contributed by atoms with Gasteiger partial charge in [-0.25, -0.2) is 0 Å². The molecule has 0 unspecified atom stereocenters. The number of hydrogen-bond acceptors (Lipinski definition) is 7. The molecule has 1 spiro atoms. The van der Waals surface area contributed by atoms with E-state index in [4.69, 9.17) is 9.84 Å². The highest BCUT2D eigenvalue weighted by molar-refractivity contribution is 6.71. The maximum absolute atomic E-state index is 13.6. The number of aliphatic hydroxyl groups is 1. The van der Waals surface area contributed by atoms with Gasteiger partial charge in [-0.3, -0.25) is 19.2 Å². The van der Waals surface area contributed by atoms with Crippen LogP contribution in [0.3, 0.4) is 0 Å². The highest BCUT2D eigenvalue weighted by Gasteiger charge is 2.64. The molecule has 1 aromatic heterocycles. The van der Waals surface area contributed by atoms with Crippen molar-refractivity contribution < 1.29 is 24.2 Å². The molecule has 3 heterocycles. The van der Waals surface area contributed by atoms with Crippen LogP contribution in [0.15, 0.2) is 54.7 Å². The van der Waals surface area contributed by atoms with E-state index in [1.165, 1.54) is 4.90 Å². The lowest BCUT2D eigenvalue weighted by Crippen LogP contribution is -2.43. The summed E-state index contributed by atoms with van der Waals surface area (Å²) in [7, 11) is -2.79. The molecule has 10 nitrogen and oxygen atoms in total. The fourth-order valence-corrected chi connectivity index (χ4v) is 8.70. The van der Waals surface area contributed by atoms with E-state index in [0.29, 0.717) is 47.7 Å². The molecule has 1 saturated heterocycles. The van der Waals surface area contributed by atoms with Crippen LogP contribution < -0.4 is 10.2 Å². The van der Waals surface area contributed by atoms with Gasteiger partial charge in [-0.15, -0.1) is 5.10 Å². The number of aliphatic hydroxyl groups excluding tert-OH is 1. The van der Waals surface area contributed by atoms with Crippen LogP contribution in [0.1, 0.15) is 24.6 Å². The minimum absolute atomic E-state index is 0.000840. The lowest BCUT2D eigenvalue weighted by molar-refractivity contribution is -0.143. The Labute approximate surface area is 222 Å². The smallest absolute Gasteiger partial charge is 0.261 e. The summed E-state index contributed by atoms with van der Waals surface area (Å²) in [5.74, 6) is -0.566. The zero-order valence-corrected chi connectivity index (χ0v) is 22.7. The van der Waals surface area contributed by atoms with Gasteiger partial charge in [0.05, 0.1) is 11.8 Å². The third kappa shape index (κ3) is 4.45. The maximum Gasteiger partial charge on any atom is 0.261 e. The fourth-order valence-electron chi connectivity index (χ4n) is 6.10. The van der Waals surface area contributed by atoms with Crippen molar-refractivity contribution >= 4 is 37.7 Å². The molecule has 1 fully saturated rings. The molecule has 2 aliphatic rings. The monoisotopic (exact) mass is 535 g/mol. The summed E-state index contributed by atoms with van der Waals surface area (Å²) >= 11 is 0. The van der Waals surface area contributed by atoms with E-state index in [1.54, 1.807) is 23.0 Å². The SMILES string of the molecule is C[C@@H]1[C@@H]([Si](C)(C)O)[C@H](CCn2cc(CCO)nn2)O[C@@]12C(=O)Nc1ccc(N(C=O)c3ccccc3)cc12. The van der Waals surface area contributed by atoms with Crippen LogP contribution in [-0.2, 0) is 32.9 Å². The van der Waals surface area contributed by atoms with Crippen molar-refractivity contribution in [2.45, 2.75) is 56.7 Å². The second kappa shape index (κ2) is 10.1. The number of aryl methyl sites for hydroxylation is 1. The Morgan fingerprint density at radius 1 is 1.21 bits per heavy atom. The van der Waals surface area contributed by atoms with Gasteiger partial charge in [0, 0.05) is 59.9 Å². The van der Waals surface area contributed by atoms with Gasteiger partial charge in [-0.2, -0.15) is 0 Å². The van der Waals surface area contributed by atoms with Gasteiger partial charge in [0.1, 0.15) is 0 Å². The van der Waals surface area contributed by atoms with Crippen LogP contribution in [0.4, 0.5) is 17.1 Å². The zero-order chi connectivity index (χ0) is 27.1. The molecular weight excluding hydrogens is 502 g/mol. The number of nitrogens with zero attached hydrogens (tertiary/aromatic N) is 4. The Morgan fingerprint density at radius 3 is 2.66 bits per heavy atom. The van der Waals surface area contributed by atoms with Crippen molar-refractivity contribution in [3.63, 3.8) is 0 Å². The van der Waals surface area contributed by atoms with Crippen LogP contribution >= 0.6 is 0 Å². The van der Waals surface area contributed by atoms with Gasteiger partial charge >= 0.3 is 0 Å². The standard InChI is InChI=1S/C27H33N5O5Si/c1-18-25(38(2,3)36)24(11-13-31-16-19(12-14-33)29-30-31)37-27(18)22-15-21(9-10-23(22)28-26(27)35)32(17-34)20-7-5-4-6-8-20/h4-10,15-18,24-25,33,36H,11-14H2,1-3H3,(H,28,35)/t18-,24+,25-,27+/m1/s1. The van der Waals surface area contributed by atoms with E-state index in [-0.39, 0.29) is 30.1 Å². The van der Waals surface area contributed by atoms with E-state index in [2.05, 4.69) is 15.6 Å². The minimum Gasteiger partial charge on any atom is -0.432 e. The Hall–Kier alpha value is -3.38. The maximum atomic E-state index is 13.6. The zero-order valence-electron chi connectivity index (χ0n) is 21.7. The topological polar surface area (TPSA) is 130 Å². The third-order valence-electron chi connectivity index (χ3n) is 7.74. The summed E-state index contributed by atoms with van der Waals surface area (Å²) in [6.45, 7) is 6.23. The molecule has 0 saturated carbocycles. The molecule has 2 aliphatic heterocycles. The van der Waals surface area contributed by atoms with E-state index in [9.17, 15) is 14.4 Å². The van der Waals surface area contributed by atoms with Gasteiger partial charge < -0.3 is 20.0 Å². The van der Waals surface area contributed by atoms with Gasteiger partial charge in [0.2, 0.25) is 6.41 Å². The average molecular weight is 536 g/mol. The molecular formula is C27H33N5O5Si. The van der Waals surface area contributed by atoms with Crippen LogP contribution in [0, 0.1) is 5.92 Å². The summed E-state index contributed by atoms with van der Waals surface area (Å²) in [5, 5.41) is 20.4. The number of fused-ring (bicyclic) bond motifs is 2. The number of benzene rings is 2. The third-order valence-corrected chi connectivity index (χ3v) is 10.2. The van der Waals surface area contributed by atoms with Crippen molar-refractivity contribution in [1.82, 2.24) is 15.0 Å². The van der Waals surface area contributed by atoms with Crippen molar-refractivity contribution in [1.29, 1.82) is 0 Å². The fraction of sp³-hybridized carbons (Fsp3) is 0.407. The number of hydrogen-bond donors (Lipinski definition) is 3. The molecule has 2 amide bonds. The van der Waals surface area contributed by atoms with E-state index in [0.717, 1.165) is 6.41 Å². The summed E-state index contributed by atoms with van der Waals surface area (Å²) < 4.78 is 8.41. The van der Waals surface area contributed by atoms with E-state index < -0.39 is 13.9 Å². The second-order valence-electron chi connectivity index (χ2n) is 10.6. The summed E-state index contributed by atoms with van der Waals surface area (Å²) in [4.78, 5) is 38.6. The average Bonchev–Trinajstić information content (AvgIpc) is 3.54. The second-order valence-corrected chi connectivity index (χ2v) is 14.6. The highest BCUT2D eigenvalue weighted by atomic mass is 28.4. The van der Waals surface area contributed by atoms with Crippen molar-refractivity contribution in [3.8, 4) is 0 Å². The van der Waals surface area contributed by atoms with Gasteiger partial charge in [-0.05, 0) is 49.8 Å². The molecule has 200 valence electrons. The summed E-state index contributed by atoms with van der Waals surface area (Å²) in [6.07, 6.45) is 3.12. The first-order valence-corrected chi connectivity index (χ1v) is 15.9. The molecule has 0 aliphatic carbocycles. The first-order valence-electron chi connectivity index (χ1n) is 12.8.